The van der Waals surface area contributed by atoms with E-state index in [1.54, 1.807) is 15.9 Å². The molecule has 0 atom stereocenters. The topological polar surface area (TPSA) is 73.2 Å². The summed E-state index contributed by atoms with van der Waals surface area (Å²) in [7, 11) is 0. The Morgan fingerprint density at radius 1 is 1.22 bits per heavy atom. The van der Waals surface area contributed by atoms with Gasteiger partial charge in [-0.1, -0.05) is 23.4 Å². The Hall–Kier alpha value is -2.88. The van der Waals surface area contributed by atoms with Crippen LogP contribution in [0.15, 0.2) is 52.4 Å². The summed E-state index contributed by atoms with van der Waals surface area (Å²) in [5, 5.41) is 3.75. The molecule has 2 heterocycles. The molecule has 10 heteroatoms. The van der Waals surface area contributed by atoms with E-state index in [2.05, 4.69) is 5.32 Å². The van der Waals surface area contributed by atoms with Crippen LogP contribution >= 0.6 is 34.7 Å². The summed E-state index contributed by atoms with van der Waals surface area (Å²) in [6.45, 7) is 2.46. The normalized spacial score (nSPS) is 13.0. The summed E-state index contributed by atoms with van der Waals surface area (Å²) < 4.78 is 20.6. The van der Waals surface area contributed by atoms with Gasteiger partial charge in [-0.25, -0.2) is 9.37 Å². The molecular weight excluding hydrogens is 521 g/mol. The van der Waals surface area contributed by atoms with Crippen molar-refractivity contribution in [3.8, 4) is 11.4 Å². The molecule has 0 unspecified atom stereocenters. The SMILES string of the molecule is CCOc1ccc(-n2c(SCC(=O)Nc3ccc(F)c(Cl)c3)nc3sc4c(c3c2=O)CCCC4)cc1. The molecule has 186 valence electrons. The van der Waals surface area contributed by atoms with Crippen LogP contribution in [0.5, 0.6) is 5.75 Å². The van der Waals surface area contributed by atoms with Gasteiger partial charge >= 0.3 is 0 Å². The number of aromatic nitrogens is 2. The van der Waals surface area contributed by atoms with Crippen LogP contribution in [0.1, 0.15) is 30.2 Å². The number of rotatable bonds is 7. The lowest BCUT2D eigenvalue weighted by Crippen LogP contribution is -2.23. The second-order valence-electron chi connectivity index (χ2n) is 8.32. The average Bonchev–Trinajstić information content (AvgIpc) is 3.25. The Bertz CT molecular complexity index is 1500. The van der Waals surface area contributed by atoms with Crippen LogP contribution in [0.4, 0.5) is 10.1 Å². The largest absolute Gasteiger partial charge is 0.494 e. The molecule has 1 amide bonds. The minimum absolute atomic E-state index is 0.00899. The number of ether oxygens (including phenoxy) is 1. The van der Waals surface area contributed by atoms with Crippen molar-refractivity contribution in [2.24, 2.45) is 0 Å². The van der Waals surface area contributed by atoms with Crippen molar-refractivity contribution in [2.45, 2.75) is 37.8 Å². The van der Waals surface area contributed by atoms with Gasteiger partial charge in [0.05, 0.1) is 28.5 Å². The molecule has 2 aromatic heterocycles. The molecule has 5 rings (SSSR count). The Balaban J connectivity index is 1.50. The lowest BCUT2D eigenvalue weighted by molar-refractivity contribution is -0.113. The van der Waals surface area contributed by atoms with Crippen LogP contribution in [0.3, 0.4) is 0 Å². The third-order valence-corrected chi connectivity index (χ3v) is 8.31. The van der Waals surface area contributed by atoms with Gasteiger partial charge in [-0.3, -0.25) is 14.2 Å². The number of anilines is 1. The van der Waals surface area contributed by atoms with E-state index in [-0.39, 0.29) is 22.2 Å². The van der Waals surface area contributed by atoms with Crippen molar-refractivity contribution in [1.82, 2.24) is 9.55 Å². The van der Waals surface area contributed by atoms with Crippen LogP contribution in [-0.4, -0.2) is 27.8 Å². The second-order valence-corrected chi connectivity index (χ2v) is 10.8. The van der Waals surface area contributed by atoms with E-state index in [0.717, 1.165) is 31.2 Å². The zero-order valence-electron chi connectivity index (χ0n) is 19.5. The number of thiophene rings is 1. The van der Waals surface area contributed by atoms with Gasteiger partial charge in [-0.15, -0.1) is 11.3 Å². The standard InChI is InChI=1S/C26H23ClFN3O3S2/c1-2-34-17-10-8-16(9-11-17)31-25(33)23-18-5-3-4-6-21(18)36-24(23)30-26(31)35-14-22(32)29-15-7-12-20(28)19(27)13-15/h7-13H,2-6,14H2,1H3,(H,29,32). The van der Waals surface area contributed by atoms with Gasteiger partial charge in [0.25, 0.3) is 5.56 Å². The molecule has 0 fully saturated rings. The first-order valence-corrected chi connectivity index (χ1v) is 13.8. The number of thioether (sulfide) groups is 1. The Morgan fingerprint density at radius 2 is 2.00 bits per heavy atom. The van der Waals surface area contributed by atoms with Gasteiger partial charge in [0.15, 0.2) is 5.16 Å². The van der Waals surface area contributed by atoms with Crippen molar-refractivity contribution < 1.29 is 13.9 Å². The van der Waals surface area contributed by atoms with Crippen LogP contribution in [0.25, 0.3) is 15.9 Å². The Labute approximate surface area is 220 Å². The third kappa shape index (κ3) is 5.00. The maximum atomic E-state index is 13.8. The third-order valence-electron chi connectivity index (χ3n) is 5.90. The number of carbonyl (C=O) groups excluding carboxylic acids is 1. The molecule has 6 nitrogen and oxygen atoms in total. The molecule has 1 aliphatic carbocycles. The zero-order valence-corrected chi connectivity index (χ0v) is 21.9. The van der Waals surface area contributed by atoms with E-state index in [1.807, 2.05) is 31.2 Å². The number of halogens is 2. The number of amides is 1. The van der Waals surface area contributed by atoms with Crippen LogP contribution in [-0.2, 0) is 17.6 Å². The van der Waals surface area contributed by atoms with Crippen LogP contribution in [0, 0.1) is 5.82 Å². The molecule has 2 aromatic carbocycles. The fourth-order valence-corrected chi connectivity index (χ4v) is 6.57. The van der Waals surface area contributed by atoms with E-state index < -0.39 is 5.82 Å². The first kappa shape index (κ1) is 24.8. The van der Waals surface area contributed by atoms with Crippen molar-refractivity contribution >= 4 is 56.5 Å². The molecule has 0 saturated carbocycles. The Morgan fingerprint density at radius 3 is 2.75 bits per heavy atom. The van der Waals surface area contributed by atoms with Gasteiger partial charge in [0.1, 0.15) is 16.4 Å². The molecule has 1 N–H and O–H groups in total. The first-order valence-electron chi connectivity index (χ1n) is 11.6. The highest BCUT2D eigenvalue weighted by molar-refractivity contribution is 7.99. The number of benzene rings is 2. The highest BCUT2D eigenvalue weighted by Gasteiger charge is 2.23. The smallest absolute Gasteiger partial charge is 0.267 e. The van der Waals surface area contributed by atoms with Crippen LogP contribution in [0.2, 0.25) is 5.02 Å². The summed E-state index contributed by atoms with van der Waals surface area (Å²) >= 11 is 8.56. The molecule has 0 radical (unpaired) electrons. The van der Waals surface area contributed by atoms with E-state index in [1.165, 1.54) is 34.8 Å². The van der Waals surface area contributed by atoms with Gasteiger partial charge in [-0.05, 0) is 80.6 Å². The maximum Gasteiger partial charge on any atom is 0.267 e. The quantitative estimate of drug-likeness (QED) is 0.220. The van der Waals surface area contributed by atoms with Gasteiger partial charge in [0, 0.05) is 10.6 Å². The average molecular weight is 544 g/mol. The number of hydrogen-bond donors (Lipinski definition) is 1. The van der Waals surface area contributed by atoms with E-state index >= 15 is 0 Å². The zero-order chi connectivity index (χ0) is 25.2. The molecule has 0 saturated heterocycles. The number of nitrogens with zero attached hydrogens (tertiary/aromatic N) is 2. The van der Waals surface area contributed by atoms with Crippen molar-refractivity contribution in [3.63, 3.8) is 0 Å². The van der Waals surface area contributed by atoms with Crippen molar-refractivity contribution in [1.29, 1.82) is 0 Å². The van der Waals surface area contributed by atoms with Gasteiger partial charge in [-0.2, -0.15) is 0 Å². The lowest BCUT2D eigenvalue weighted by atomic mass is 9.97. The molecule has 4 aromatic rings. The van der Waals surface area contributed by atoms with Crippen molar-refractivity contribution in [2.75, 3.05) is 17.7 Å². The maximum absolute atomic E-state index is 13.8. The minimum Gasteiger partial charge on any atom is -0.494 e. The molecule has 0 aliphatic heterocycles. The molecule has 0 bridgehead atoms. The monoisotopic (exact) mass is 543 g/mol. The van der Waals surface area contributed by atoms with Gasteiger partial charge < -0.3 is 10.1 Å². The number of fused-ring (bicyclic) bond motifs is 3. The number of aryl methyl sites for hydroxylation is 2. The summed E-state index contributed by atoms with van der Waals surface area (Å²) in [5.74, 6) is -0.155. The second kappa shape index (κ2) is 10.6. The van der Waals surface area contributed by atoms with Crippen molar-refractivity contribution in [3.05, 3.63) is 74.1 Å². The molecule has 0 spiro atoms. The minimum atomic E-state index is -0.556. The number of hydrogen-bond acceptors (Lipinski definition) is 6. The predicted molar refractivity (Wildman–Crippen MR) is 144 cm³/mol. The van der Waals surface area contributed by atoms with E-state index in [4.69, 9.17) is 21.3 Å². The summed E-state index contributed by atoms with van der Waals surface area (Å²) in [6.07, 6.45) is 4.02. The number of carbonyl (C=O) groups is 1. The van der Waals surface area contributed by atoms with E-state index in [0.29, 0.717) is 39.1 Å². The first-order chi connectivity index (χ1) is 17.4. The summed E-state index contributed by atoms with van der Waals surface area (Å²) in [4.78, 5) is 33.3. The Kier molecular flexibility index (Phi) is 7.32. The highest BCUT2D eigenvalue weighted by Crippen LogP contribution is 2.35. The van der Waals surface area contributed by atoms with E-state index in [9.17, 15) is 14.0 Å². The summed E-state index contributed by atoms with van der Waals surface area (Å²) in [5.41, 5.74) is 2.03. The molecule has 36 heavy (non-hydrogen) atoms. The van der Waals surface area contributed by atoms with Crippen LogP contribution < -0.4 is 15.6 Å². The molecular formula is C26H23ClFN3O3S2. The number of nitrogens with one attached hydrogen (secondary N) is 1. The fraction of sp³-hybridized carbons (Fsp3) is 0.269. The molecule has 1 aliphatic rings. The highest BCUT2D eigenvalue weighted by atomic mass is 35.5. The van der Waals surface area contributed by atoms with Gasteiger partial charge in [0.2, 0.25) is 5.91 Å². The summed E-state index contributed by atoms with van der Waals surface area (Å²) in [6, 6.07) is 11.3. The lowest BCUT2D eigenvalue weighted by Gasteiger charge is -2.14. The predicted octanol–water partition coefficient (Wildman–Crippen LogP) is 6.25. The fourth-order valence-electron chi connectivity index (χ4n) is 4.27.